The van der Waals surface area contributed by atoms with Crippen molar-refractivity contribution in [2.24, 2.45) is 0 Å². The first-order valence-corrected chi connectivity index (χ1v) is 8.71. The van der Waals surface area contributed by atoms with E-state index >= 15 is 0 Å². The third kappa shape index (κ3) is 2.62. The number of benzene rings is 1. The van der Waals surface area contributed by atoms with E-state index in [9.17, 15) is 4.79 Å². The molecule has 1 aliphatic carbocycles. The van der Waals surface area contributed by atoms with Crippen molar-refractivity contribution >= 4 is 11.9 Å². The number of hydrogen-bond donors (Lipinski definition) is 3. The van der Waals surface area contributed by atoms with Crippen LogP contribution in [0.25, 0.3) is 0 Å². The highest BCUT2D eigenvalue weighted by molar-refractivity contribution is 6.02. The molecule has 3 N–H and O–H groups in total. The molecule has 1 saturated carbocycles. The Morgan fingerprint density at radius 1 is 1.16 bits per heavy atom. The summed E-state index contributed by atoms with van der Waals surface area (Å²) in [7, 11) is 1.65. The normalized spacial score (nSPS) is 23.7. The molecule has 0 spiro atoms. The molecule has 6 heteroatoms. The Morgan fingerprint density at radius 3 is 2.36 bits per heavy atom. The zero-order valence-corrected chi connectivity index (χ0v) is 14.8. The molecule has 1 amide bonds. The molecule has 0 bridgehead atoms. The average molecular weight is 337 g/mol. The zero-order chi connectivity index (χ0) is 17.7. The fourth-order valence-electron chi connectivity index (χ4n) is 3.77. The van der Waals surface area contributed by atoms with Gasteiger partial charge in [-0.2, -0.15) is 5.10 Å². The van der Waals surface area contributed by atoms with Gasteiger partial charge in [-0.15, -0.1) is 0 Å². The molecule has 1 aliphatic heterocycles. The predicted molar refractivity (Wildman–Crippen MR) is 95.6 cm³/mol. The Balaban J connectivity index is 1.76. The van der Waals surface area contributed by atoms with E-state index in [0.29, 0.717) is 5.92 Å². The quantitative estimate of drug-likeness (QED) is 0.805. The molecule has 4 rings (SSSR count). The Kier molecular flexibility index (Phi) is 3.63. The van der Waals surface area contributed by atoms with Gasteiger partial charge < -0.3 is 5.32 Å². The number of carbonyl (C=O) groups is 1. The van der Waals surface area contributed by atoms with Crippen LogP contribution in [0.2, 0.25) is 0 Å². The van der Waals surface area contributed by atoms with Gasteiger partial charge in [-0.3, -0.25) is 20.2 Å². The third-order valence-corrected chi connectivity index (χ3v) is 5.40. The molecule has 2 fully saturated rings. The molecule has 6 nitrogen and oxygen atoms in total. The van der Waals surface area contributed by atoms with Gasteiger partial charge in [0.1, 0.15) is 0 Å². The van der Waals surface area contributed by atoms with E-state index in [2.05, 4.69) is 39.8 Å². The topological polar surface area (TPSA) is 84.9 Å². The van der Waals surface area contributed by atoms with Crippen LogP contribution in [-0.2, 0) is 4.79 Å². The maximum atomic E-state index is 13.0. The predicted octanol–water partition coefficient (Wildman–Crippen LogP) is 2.73. The standard InChI is InChI=1S/C19H23N5O/c1-10-15(11(2)23-22-10)17-16(18(25)24(3)19(20)21-17)14-8-6-13(7-9-14)12-4-5-12/h6-9,12,16-17H,4-5H2,1-3H3,(H2,20,21)(H,22,23)/t16-,17+/m1/s1. The number of amides is 1. The number of guanidine groups is 1. The van der Waals surface area contributed by atoms with Gasteiger partial charge in [-0.1, -0.05) is 24.3 Å². The summed E-state index contributed by atoms with van der Waals surface area (Å²) < 4.78 is 0. The van der Waals surface area contributed by atoms with Crippen LogP contribution in [0.3, 0.4) is 0 Å². The van der Waals surface area contributed by atoms with Crippen molar-refractivity contribution in [3.8, 4) is 0 Å². The number of carbonyl (C=O) groups excluding carboxylic acids is 1. The molecule has 1 aromatic heterocycles. The molecule has 2 heterocycles. The molecule has 2 atom stereocenters. The van der Waals surface area contributed by atoms with Crippen molar-refractivity contribution in [3.05, 3.63) is 52.3 Å². The van der Waals surface area contributed by atoms with E-state index in [1.54, 1.807) is 7.05 Å². The minimum absolute atomic E-state index is 0.0621. The maximum Gasteiger partial charge on any atom is 0.239 e. The molecule has 1 aromatic carbocycles. The van der Waals surface area contributed by atoms with Crippen molar-refractivity contribution in [3.63, 3.8) is 0 Å². The fourth-order valence-corrected chi connectivity index (χ4v) is 3.77. The van der Waals surface area contributed by atoms with E-state index in [4.69, 9.17) is 5.41 Å². The Hall–Kier alpha value is -2.63. The maximum absolute atomic E-state index is 13.0. The van der Waals surface area contributed by atoms with Crippen LogP contribution in [0, 0.1) is 19.3 Å². The van der Waals surface area contributed by atoms with Crippen LogP contribution < -0.4 is 5.32 Å². The lowest BCUT2D eigenvalue weighted by Crippen LogP contribution is -2.54. The number of H-pyrrole nitrogens is 1. The van der Waals surface area contributed by atoms with Crippen molar-refractivity contribution in [2.75, 3.05) is 7.05 Å². The lowest BCUT2D eigenvalue weighted by atomic mass is 9.83. The number of aryl methyl sites for hydroxylation is 2. The van der Waals surface area contributed by atoms with E-state index in [0.717, 1.165) is 22.5 Å². The van der Waals surface area contributed by atoms with Crippen molar-refractivity contribution in [1.29, 1.82) is 5.41 Å². The number of aromatic amines is 1. The SMILES string of the molecule is Cc1n[nH]c(C)c1[C@@H]1NC(=N)N(C)C(=O)[C@@H]1c1ccc(C2CC2)cc1. The minimum Gasteiger partial charge on any atom is -0.348 e. The van der Waals surface area contributed by atoms with Crippen LogP contribution in [0.5, 0.6) is 0 Å². The Bertz CT molecular complexity index is 814. The van der Waals surface area contributed by atoms with Gasteiger partial charge in [-0.05, 0) is 43.7 Å². The van der Waals surface area contributed by atoms with Crippen LogP contribution >= 0.6 is 0 Å². The largest absolute Gasteiger partial charge is 0.348 e. The molecular formula is C19H23N5O. The van der Waals surface area contributed by atoms with E-state index in [1.807, 2.05) is 13.8 Å². The van der Waals surface area contributed by atoms with Crippen LogP contribution in [0.1, 0.15) is 58.8 Å². The highest BCUT2D eigenvalue weighted by Crippen LogP contribution is 2.42. The van der Waals surface area contributed by atoms with Crippen LogP contribution in [0.4, 0.5) is 0 Å². The number of nitrogens with one attached hydrogen (secondary N) is 3. The van der Waals surface area contributed by atoms with Crippen molar-refractivity contribution in [1.82, 2.24) is 20.4 Å². The minimum atomic E-state index is -0.373. The average Bonchev–Trinajstić information content (AvgIpc) is 3.39. The van der Waals surface area contributed by atoms with Gasteiger partial charge >= 0.3 is 0 Å². The van der Waals surface area contributed by atoms with Gasteiger partial charge in [0.05, 0.1) is 17.7 Å². The molecule has 0 radical (unpaired) electrons. The van der Waals surface area contributed by atoms with E-state index in [-0.39, 0.29) is 23.8 Å². The van der Waals surface area contributed by atoms with Gasteiger partial charge in [0, 0.05) is 18.3 Å². The summed E-state index contributed by atoms with van der Waals surface area (Å²) in [5.41, 5.74) is 5.10. The first-order valence-electron chi connectivity index (χ1n) is 8.71. The molecule has 1 saturated heterocycles. The lowest BCUT2D eigenvalue weighted by Gasteiger charge is -2.38. The third-order valence-electron chi connectivity index (χ3n) is 5.40. The van der Waals surface area contributed by atoms with Crippen LogP contribution in [0.15, 0.2) is 24.3 Å². The summed E-state index contributed by atoms with van der Waals surface area (Å²) in [4.78, 5) is 14.4. The first-order chi connectivity index (χ1) is 12.0. The van der Waals surface area contributed by atoms with Crippen molar-refractivity contribution < 1.29 is 4.79 Å². The Labute approximate surface area is 147 Å². The van der Waals surface area contributed by atoms with Gasteiger partial charge in [-0.25, -0.2) is 0 Å². The molecule has 2 aliphatic rings. The summed E-state index contributed by atoms with van der Waals surface area (Å²) in [5, 5.41) is 18.6. The Morgan fingerprint density at radius 2 is 1.80 bits per heavy atom. The number of likely N-dealkylation sites (N-methyl/N-ethyl adjacent to an activating group) is 1. The molecule has 25 heavy (non-hydrogen) atoms. The molecular weight excluding hydrogens is 314 g/mol. The summed E-state index contributed by atoms with van der Waals surface area (Å²) in [6.07, 6.45) is 2.53. The second-order valence-electron chi connectivity index (χ2n) is 7.13. The molecule has 130 valence electrons. The second-order valence-corrected chi connectivity index (χ2v) is 7.13. The fraction of sp³-hybridized carbons (Fsp3) is 0.421. The van der Waals surface area contributed by atoms with Gasteiger partial charge in [0.15, 0.2) is 5.96 Å². The van der Waals surface area contributed by atoms with E-state index in [1.165, 1.54) is 23.3 Å². The molecule has 0 unspecified atom stereocenters. The number of rotatable bonds is 3. The number of hydrogen-bond acceptors (Lipinski definition) is 3. The summed E-state index contributed by atoms with van der Waals surface area (Å²) in [6, 6.07) is 8.14. The molecule has 2 aromatic rings. The highest BCUT2D eigenvalue weighted by Gasteiger charge is 2.41. The number of aromatic nitrogens is 2. The van der Waals surface area contributed by atoms with Gasteiger partial charge in [0.2, 0.25) is 5.91 Å². The monoisotopic (exact) mass is 337 g/mol. The second kappa shape index (κ2) is 5.72. The van der Waals surface area contributed by atoms with Crippen LogP contribution in [-0.4, -0.2) is 34.0 Å². The summed E-state index contributed by atoms with van der Waals surface area (Å²) in [6.45, 7) is 3.89. The smallest absolute Gasteiger partial charge is 0.239 e. The van der Waals surface area contributed by atoms with Crippen molar-refractivity contribution in [2.45, 2.75) is 44.6 Å². The van der Waals surface area contributed by atoms with E-state index < -0.39 is 0 Å². The summed E-state index contributed by atoms with van der Waals surface area (Å²) in [5.74, 6) is 0.385. The zero-order valence-electron chi connectivity index (χ0n) is 14.8. The lowest BCUT2D eigenvalue weighted by molar-refractivity contribution is -0.130. The number of nitrogens with zero attached hydrogens (tertiary/aromatic N) is 2. The highest BCUT2D eigenvalue weighted by atomic mass is 16.2. The summed E-state index contributed by atoms with van der Waals surface area (Å²) >= 11 is 0. The first kappa shape index (κ1) is 15.9. The van der Waals surface area contributed by atoms with Gasteiger partial charge in [0.25, 0.3) is 0 Å².